The van der Waals surface area contributed by atoms with E-state index >= 15 is 0 Å². The Bertz CT molecular complexity index is 686. The van der Waals surface area contributed by atoms with E-state index in [1.807, 2.05) is 0 Å². The topological polar surface area (TPSA) is 110 Å². The molecule has 7 nitrogen and oxygen atoms in total. The first-order chi connectivity index (χ1) is 9.56. The van der Waals surface area contributed by atoms with Crippen molar-refractivity contribution in [2.75, 3.05) is 6.61 Å². The first-order valence-corrected chi connectivity index (χ1v) is 5.80. The summed E-state index contributed by atoms with van der Waals surface area (Å²) >= 11 is 0. The highest BCUT2D eigenvalue weighted by Gasteiger charge is 2.26. The lowest BCUT2D eigenvalue weighted by Gasteiger charge is -2.00. The Labute approximate surface area is 112 Å². The van der Waals surface area contributed by atoms with Gasteiger partial charge in [-0.15, -0.1) is 0 Å². The molecule has 0 radical (unpaired) electrons. The SMILES string of the molecule is O=C(O)c1nc(-c2ccc3c(c2)CCO3)oc1C(=O)O. The van der Waals surface area contributed by atoms with E-state index in [4.69, 9.17) is 19.4 Å². The zero-order chi connectivity index (χ0) is 14.3. The number of carbonyl (C=O) groups is 2. The predicted molar refractivity (Wildman–Crippen MR) is 65.1 cm³/mol. The summed E-state index contributed by atoms with van der Waals surface area (Å²) in [5, 5.41) is 17.8. The predicted octanol–water partition coefficient (Wildman–Crippen LogP) is 1.67. The molecule has 1 aromatic heterocycles. The van der Waals surface area contributed by atoms with Crippen LogP contribution in [0.4, 0.5) is 0 Å². The quantitative estimate of drug-likeness (QED) is 0.876. The number of oxazole rings is 1. The van der Waals surface area contributed by atoms with Gasteiger partial charge in [0, 0.05) is 12.0 Å². The van der Waals surface area contributed by atoms with Gasteiger partial charge in [-0.2, -0.15) is 0 Å². The highest BCUT2D eigenvalue weighted by atomic mass is 16.5. The monoisotopic (exact) mass is 275 g/mol. The Morgan fingerprint density at radius 2 is 2.00 bits per heavy atom. The molecule has 102 valence electrons. The number of aromatic carboxylic acids is 2. The van der Waals surface area contributed by atoms with E-state index in [-0.39, 0.29) is 5.89 Å². The number of carboxylic acids is 2. The molecule has 20 heavy (non-hydrogen) atoms. The number of hydrogen-bond donors (Lipinski definition) is 2. The number of benzene rings is 1. The lowest BCUT2D eigenvalue weighted by Crippen LogP contribution is -2.05. The van der Waals surface area contributed by atoms with Crippen LogP contribution in [0, 0.1) is 0 Å². The number of ether oxygens (including phenoxy) is 1. The van der Waals surface area contributed by atoms with E-state index in [2.05, 4.69) is 4.98 Å². The van der Waals surface area contributed by atoms with Crippen LogP contribution in [0.25, 0.3) is 11.5 Å². The average molecular weight is 275 g/mol. The molecule has 2 aromatic rings. The molecule has 0 saturated heterocycles. The van der Waals surface area contributed by atoms with E-state index < -0.39 is 23.4 Å². The highest BCUT2D eigenvalue weighted by Crippen LogP contribution is 2.31. The van der Waals surface area contributed by atoms with Crippen LogP contribution in [0.3, 0.4) is 0 Å². The maximum Gasteiger partial charge on any atom is 0.374 e. The van der Waals surface area contributed by atoms with Crippen molar-refractivity contribution in [2.45, 2.75) is 6.42 Å². The van der Waals surface area contributed by atoms with Crippen LogP contribution in [0.5, 0.6) is 5.75 Å². The zero-order valence-electron chi connectivity index (χ0n) is 10.1. The minimum absolute atomic E-state index is 0.0329. The summed E-state index contributed by atoms with van der Waals surface area (Å²) in [5.74, 6) is -2.86. The molecule has 0 aliphatic carbocycles. The highest BCUT2D eigenvalue weighted by molar-refractivity contribution is 5.98. The summed E-state index contributed by atoms with van der Waals surface area (Å²) in [5.41, 5.74) is 0.864. The summed E-state index contributed by atoms with van der Waals surface area (Å²) in [6, 6.07) is 5.13. The van der Waals surface area contributed by atoms with Gasteiger partial charge in [0.25, 0.3) is 0 Å². The third kappa shape index (κ3) is 1.89. The van der Waals surface area contributed by atoms with Gasteiger partial charge in [-0.05, 0) is 23.8 Å². The molecule has 0 unspecified atom stereocenters. The summed E-state index contributed by atoms with van der Waals surface area (Å²) in [4.78, 5) is 25.6. The van der Waals surface area contributed by atoms with Gasteiger partial charge >= 0.3 is 11.9 Å². The fraction of sp³-hybridized carbons (Fsp3) is 0.154. The molecule has 2 N–H and O–H groups in total. The Hall–Kier alpha value is -2.83. The minimum atomic E-state index is -1.47. The fourth-order valence-electron chi connectivity index (χ4n) is 2.05. The molecular weight excluding hydrogens is 266 g/mol. The second kappa shape index (κ2) is 4.37. The lowest BCUT2D eigenvalue weighted by molar-refractivity contribution is 0.0624. The first-order valence-electron chi connectivity index (χ1n) is 5.80. The molecule has 7 heteroatoms. The summed E-state index contributed by atoms with van der Waals surface area (Å²) in [7, 11) is 0. The Balaban J connectivity index is 2.08. The van der Waals surface area contributed by atoms with Gasteiger partial charge < -0.3 is 19.4 Å². The number of hydrogen-bond acceptors (Lipinski definition) is 5. The van der Waals surface area contributed by atoms with Crippen LogP contribution in [0.2, 0.25) is 0 Å². The van der Waals surface area contributed by atoms with Crippen molar-refractivity contribution in [1.82, 2.24) is 4.98 Å². The van der Waals surface area contributed by atoms with E-state index in [0.29, 0.717) is 12.2 Å². The second-order valence-corrected chi connectivity index (χ2v) is 4.23. The number of rotatable bonds is 3. The molecule has 0 bridgehead atoms. The molecule has 0 saturated carbocycles. The van der Waals surface area contributed by atoms with Crippen molar-refractivity contribution in [3.05, 3.63) is 35.2 Å². The van der Waals surface area contributed by atoms with E-state index in [1.165, 1.54) is 0 Å². The molecule has 1 aromatic carbocycles. The number of carboxylic acid groups (broad SMARTS) is 2. The third-order valence-electron chi connectivity index (χ3n) is 2.96. The summed E-state index contributed by atoms with van der Waals surface area (Å²) in [6.45, 7) is 0.588. The van der Waals surface area contributed by atoms with Gasteiger partial charge in [-0.3, -0.25) is 0 Å². The maximum absolute atomic E-state index is 11.0. The Morgan fingerprint density at radius 3 is 2.65 bits per heavy atom. The van der Waals surface area contributed by atoms with Gasteiger partial charge in [0.05, 0.1) is 6.61 Å². The standard InChI is InChI=1S/C13H9NO6/c15-12(16)9-10(13(17)18)20-11(14-9)7-1-2-8-6(5-7)3-4-19-8/h1-2,5H,3-4H2,(H,15,16)(H,17,18). The summed E-state index contributed by atoms with van der Waals surface area (Å²) in [6.07, 6.45) is 0.738. The van der Waals surface area contributed by atoms with Crippen molar-refractivity contribution in [2.24, 2.45) is 0 Å². The average Bonchev–Trinajstić information content (AvgIpc) is 3.04. The van der Waals surface area contributed by atoms with Crippen molar-refractivity contribution < 1.29 is 29.0 Å². The molecule has 0 atom stereocenters. The number of aromatic nitrogens is 1. The molecule has 3 rings (SSSR count). The summed E-state index contributed by atoms with van der Waals surface area (Å²) < 4.78 is 10.4. The molecule has 0 fully saturated rings. The molecule has 0 spiro atoms. The van der Waals surface area contributed by atoms with Gasteiger partial charge in [0.15, 0.2) is 0 Å². The molecule has 0 amide bonds. The van der Waals surface area contributed by atoms with Gasteiger partial charge in [0.2, 0.25) is 17.3 Å². The van der Waals surface area contributed by atoms with Crippen LogP contribution >= 0.6 is 0 Å². The molecule has 1 aliphatic rings. The number of fused-ring (bicyclic) bond motifs is 1. The van der Waals surface area contributed by atoms with Crippen molar-refractivity contribution >= 4 is 11.9 Å². The van der Waals surface area contributed by atoms with Crippen molar-refractivity contribution in [3.8, 4) is 17.2 Å². The second-order valence-electron chi connectivity index (χ2n) is 4.23. The van der Waals surface area contributed by atoms with Crippen LogP contribution in [0.15, 0.2) is 22.6 Å². The smallest absolute Gasteiger partial charge is 0.374 e. The minimum Gasteiger partial charge on any atom is -0.493 e. The third-order valence-corrected chi connectivity index (χ3v) is 2.96. The van der Waals surface area contributed by atoms with Crippen LogP contribution in [-0.4, -0.2) is 33.7 Å². The molecule has 2 heterocycles. The van der Waals surface area contributed by atoms with Crippen LogP contribution in [-0.2, 0) is 6.42 Å². The molecule has 1 aliphatic heterocycles. The largest absolute Gasteiger partial charge is 0.493 e. The van der Waals surface area contributed by atoms with Gasteiger partial charge in [-0.1, -0.05) is 0 Å². The van der Waals surface area contributed by atoms with Gasteiger partial charge in [0.1, 0.15) is 5.75 Å². The Morgan fingerprint density at radius 1 is 1.20 bits per heavy atom. The normalized spacial score (nSPS) is 12.8. The van der Waals surface area contributed by atoms with Gasteiger partial charge in [-0.25, -0.2) is 14.6 Å². The van der Waals surface area contributed by atoms with E-state index in [0.717, 1.165) is 17.7 Å². The zero-order valence-corrected chi connectivity index (χ0v) is 10.1. The van der Waals surface area contributed by atoms with Crippen LogP contribution < -0.4 is 4.74 Å². The van der Waals surface area contributed by atoms with Crippen molar-refractivity contribution in [3.63, 3.8) is 0 Å². The molecular formula is C13H9NO6. The fourth-order valence-corrected chi connectivity index (χ4v) is 2.05. The Kier molecular flexibility index (Phi) is 2.67. The van der Waals surface area contributed by atoms with E-state index in [1.54, 1.807) is 18.2 Å². The lowest BCUT2D eigenvalue weighted by atomic mass is 10.1. The maximum atomic E-state index is 11.0. The van der Waals surface area contributed by atoms with Crippen LogP contribution in [0.1, 0.15) is 26.6 Å². The van der Waals surface area contributed by atoms with Crippen molar-refractivity contribution in [1.29, 1.82) is 0 Å². The first kappa shape index (κ1) is 12.2. The van der Waals surface area contributed by atoms with E-state index in [9.17, 15) is 9.59 Å². The number of nitrogens with zero attached hydrogens (tertiary/aromatic N) is 1.